The van der Waals surface area contributed by atoms with Gasteiger partial charge in [0.05, 0.1) is 15.6 Å². The van der Waals surface area contributed by atoms with Crippen LogP contribution in [0.4, 0.5) is 10.7 Å². The fourth-order valence-corrected chi connectivity index (χ4v) is 6.52. The number of benzene rings is 3. The monoisotopic (exact) mass is 590 g/mol. The van der Waals surface area contributed by atoms with Crippen LogP contribution in [0, 0.1) is 11.3 Å². The lowest BCUT2D eigenvalue weighted by Crippen LogP contribution is -2.27. The molecule has 1 amide bonds. The summed E-state index contributed by atoms with van der Waals surface area (Å²) in [5.41, 5.74) is 4.72. The van der Waals surface area contributed by atoms with Crippen LogP contribution in [0.2, 0.25) is 10.0 Å². The molecule has 1 aromatic heterocycles. The normalized spacial score (nSPS) is 15.2. The summed E-state index contributed by atoms with van der Waals surface area (Å²) in [5.74, 6) is 1.22. The van der Waals surface area contributed by atoms with Gasteiger partial charge in [-0.1, -0.05) is 68.2 Å². The highest BCUT2D eigenvalue weighted by Gasteiger charge is 2.33. The highest BCUT2D eigenvalue weighted by Crippen LogP contribution is 2.45. The van der Waals surface area contributed by atoms with Crippen LogP contribution in [0.5, 0.6) is 5.75 Å². The molecule has 0 saturated carbocycles. The first-order valence-electron chi connectivity index (χ1n) is 13.4. The third-order valence-electron chi connectivity index (χ3n) is 7.33. The van der Waals surface area contributed by atoms with Crippen LogP contribution < -0.4 is 10.1 Å². The average molecular weight is 592 g/mol. The van der Waals surface area contributed by atoms with Crippen molar-refractivity contribution in [2.75, 3.05) is 5.32 Å². The highest BCUT2D eigenvalue weighted by molar-refractivity contribution is 7.16. The van der Waals surface area contributed by atoms with E-state index in [0.29, 0.717) is 28.1 Å². The summed E-state index contributed by atoms with van der Waals surface area (Å²) in [6, 6.07) is 22.8. The summed E-state index contributed by atoms with van der Waals surface area (Å²) in [6.45, 7) is 7.30. The van der Waals surface area contributed by atoms with Gasteiger partial charge in [0.1, 0.15) is 17.4 Å². The second-order valence-electron chi connectivity index (χ2n) is 11.2. The Balaban J connectivity index is 1.35. The predicted molar refractivity (Wildman–Crippen MR) is 168 cm³/mol. The van der Waals surface area contributed by atoms with Crippen molar-refractivity contribution in [2.24, 2.45) is 16.3 Å². The van der Waals surface area contributed by atoms with Crippen molar-refractivity contribution in [3.8, 4) is 5.75 Å². The van der Waals surface area contributed by atoms with E-state index in [-0.39, 0.29) is 11.3 Å². The minimum absolute atomic E-state index is 0.101. The minimum Gasteiger partial charge on any atom is -0.489 e. The molecule has 4 aromatic rings. The lowest BCUT2D eigenvalue weighted by Gasteiger charge is -2.33. The second-order valence-corrected chi connectivity index (χ2v) is 13.1. The lowest BCUT2D eigenvalue weighted by atomic mass is 9.72. The van der Waals surface area contributed by atoms with Gasteiger partial charge >= 0.3 is 0 Å². The van der Waals surface area contributed by atoms with Gasteiger partial charge in [-0.3, -0.25) is 4.79 Å². The van der Waals surface area contributed by atoms with Gasteiger partial charge in [0.15, 0.2) is 0 Å². The van der Waals surface area contributed by atoms with Gasteiger partial charge in [-0.05, 0) is 95.8 Å². The van der Waals surface area contributed by atoms with Gasteiger partial charge in [-0.2, -0.15) is 0 Å². The van der Waals surface area contributed by atoms with Crippen LogP contribution >= 0.6 is 34.5 Å². The minimum atomic E-state index is -0.101. The number of amides is 1. The number of anilines is 1. The summed E-state index contributed by atoms with van der Waals surface area (Å²) < 4.78 is 5.91. The smallest absolute Gasteiger partial charge is 0.259 e. The van der Waals surface area contributed by atoms with E-state index in [9.17, 15) is 4.79 Å². The van der Waals surface area contributed by atoms with Crippen molar-refractivity contribution < 1.29 is 9.53 Å². The number of aliphatic imine (C=N–C) groups is 1. The Morgan fingerprint density at radius 3 is 2.50 bits per heavy atom. The van der Waals surface area contributed by atoms with Crippen LogP contribution in [-0.4, -0.2) is 12.1 Å². The zero-order chi connectivity index (χ0) is 28.3. The maximum absolute atomic E-state index is 13.5. The standard InChI is InChI=1S/C33H32Cl2N2O2S/c1-33(2,3)23-12-15-26-29(18-23)40-32(30(26)31(38)37-24-7-5-4-6-8-24)36-19-21-9-13-25(14-10-21)39-20-22-11-16-27(34)28(35)17-22/h4-11,13-14,16-17,19,23H,12,15,18,20H2,1-3H3,(H,37,38)/t23-/m0/s1. The lowest BCUT2D eigenvalue weighted by molar-refractivity contribution is 0.102. The molecule has 0 spiro atoms. The number of thiophene rings is 1. The third kappa shape index (κ3) is 6.77. The van der Waals surface area contributed by atoms with Crippen molar-refractivity contribution in [3.05, 3.63) is 110 Å². The van der Waals surface area contributed by atoms with E-state index in [4.69, 9.17) is 32.9 Å². The first-order valence-corrected chi connectivity index (χ1v) is 15.0. The van der Waals surface area contributed by atoms with Crippen LogP contribution in [0.3, 0.4) is 0 Å². The Labute approximate surface area is 250 Å². The van der Waals surface area contributed by atoms with E-state index in [1.807, 2.05) is 66.9 Å². The number of nitrogens with zero attached hydrogens (tertiary/aromatic N) is 1. The molecule has 0 bridgehead atoms. The Morgan fingerprint density at radius 2 is 1.80 bits per heavy atom. The zero-order valence-corrected chi connectivity index (χ0v) is 25.2. The maximum atomic E-state index is 13.5. The number of carbonyl (C=O) groups excluding carboxylic acids is 1. The van der Waals surface area contributed by atoms with Crippen molar-refractivity contribution in [3.63, 3.8) is 0 Å². The fourth-order valence-electron chi connectivity index (χ4n) is 4.93. The molecule has 3 aromatic carbocycles. The van der Waals surface area contributed by atoms with Crippen molar-refractivity contribution >= 4 is 57.3 Å². The van der Waals surface area contributed by atoms with E-state index in [1.54, 1.807) is 23.5 Å². The van der Waals surface area contributed by atoms with Crippen molar-refractivity contribution in [1.82, 2.24) is 0 Å². The quantitative estimate of drug-likeness (QED) is 0.218. The van der Waals surface area contributed by atoms with Crippen molar-refractivity contribution in [2.45, 2.75) is 46.6 Å². The highest BCUT2D eigenvalue weighted by atomic mass is 35.5. The number of rotatable bonds is 7. The van der Waals surface area contributed by atoms with E-state index >= 15 is 0 Å². The molecule has 1 aliphatic rings. The summed E-state index contributed by atoms with van der Waals surface area (Å²) in [7, 11) is 0. The number of hydrogen-bond acceptors (Lipinski definition) is 4. The van der Waals surface area contributed by atoms with Gasteiger partial charge in [-0.25, -0.2) is 4.99 Å². The van der Waals surface area contributed by atoms with Gasteiger partial charge in [0, 0.05) is 16.8 Å². The molecule has 5 rings (SSSR count). The topological polar surface area (TPSA) is 50.7 Å². The van der Waals surface area contributed by atoms with Crippen LogP contribution in [0.25, 0.3) is 0 Å². The Kier molecular flexibility index (Phi) is 8.65. The maximum Gasteiger partial charge on any atom is 0.259 e. The predicted octanol–water partition coefficient (Wildman–Crippen LogP) is 9.79. The Morgan fingerprint density at radius 1 is 1.05 bits per heavy atom. The van der Waals surface area contributed by atoms with Crippen LogP contribution in [-0.2, 0) is 19.4 Å². The third-order valence-corrected chi connectivity index (χ3v) is 9.23. The fraction of sp³-hybridized carbons (Fsp3) is 0.273. The molecule has 1 heterocycles. The number of hydrogen-bond donors (Lipinski definition) is 1. The van der Waals surface area contributed by atoms with Gasteiger partial charge < -0.3 is 10.1 Å². The molecule has 1 aliphatic carbocycles. The van der Waals surface area contributed by atoms with E-state index in [0.717, 1.165) is 52.4 Å². The van der Waals surface area contributed by atoms with E-state index in [2.05, 4.69) is 26.1 Å². The number of fused-ring (bicyclic) bond motifs is 1. The number of ether oxygens (including phenoxy) is 1. The van der Waals surface area contributed by atoms with E-state index in [1.165, 1.54) is 4.88 Å². The number of para-hydroxylation sites is 1. The molecule has 0 saturated heterocycles. The Hall–Kier alpha value is -3.12. The van der Waals surface area contributed by atoms with Crippen LogP contribution in [0.15, 0.2) is 77.8 Å². The molecule has 1 atom stereocenters. The van der Waals surface area contributed by atoms with Crippen molar-refractivity contribution in [1.29, 1.82) is 0 Å². The zero-order valence-electron chi connectivity index (χ0n) is 22.8. The second kappa shape index (κ2) is 12.2. The van der Waals surface area contributed by atoms with E-state index < -0.39 is 0 Å². The molecule has 4 nitrogen and oxygen atoms in total. The first-order chi connectivity index (χ1) is 19.2. The number of nitrogens with one attached hydrogen (secondary N) is 1. The van der Waals surface area contributed by atoms with Crippen LogP contribution in [0.1, 0.15) is 59.1 Å². The summed E-state index contributed by atoms with van der Waals surface area (Å²) in [5, 5.41) is 4.87. The molecule has 0 unspecified atom stereocenters. The van der Waals surface area contributed by atoms with Gasteiger partial charge in [-0.15, -0.1) is 11.3 Å². The number of halogens is 2. The molecular formula is C33H32Cl2N2O2S. The SMILES string of the molecule is CC(C)(C)[C@H]1CCc2c(sc(N=Cc3ccc(OCc4ccc(Cl)c(Cl)c4)cc3)c2C(=O)Nc2ccccc2)C1. The summed E-state index contributed by atoms with van der Waals surface area (Å²) in [4.78, 5) is 19.6. The first kappa shape index (κ1) is 28.4. The molecular weight excluding hydrogens is 559 g/mol. The largest absolute Gasteiger partial charge is 0.489 e. The summed E-state index contributed by atoms with van der Waals surface area (Å²) in [6.07, 6.45) is 4.77. The molecule has 0 fully saturated rings. The molecule has 40 heavy (non-hydrogen) atoms. The van der Waals surface area contributed by atoms with Gasteiger partial charge in [0.2, 0.25) is 0 Å². The summed E-state index contributed by atoms with van der Waals surface area (Å²) >= 11 is 13.8. The molecule has 0 aliphatic heterocycles. The molecule has 1 N–H and O–H groups in total. The molecule has 0 radical (unpaired) electrons. The molecule has 206 valence electrons. The van der Waals surface area contributed by atoms with Gasteiger partial charge in [0.25, 0.3) is 5.91 Å². The average Bonchev–Trinajstić information content (AvgIpc) is 3.31. The number of carbonyl (C=O) groups is 1. The molecule has 7 heteroatoms. The Bertz CT molecular complexity index is 1520.